The summed E-state index contributed by atoms with van der Waals surface area (Å²) in [6, 6.07) is 8.01. The number of imidazole rings is 1. The Hall–Kier alpha value is -2.63. The first-order valence-corrected chi connectivity index (χ1v) is 7.79. The maximum atomic E-state index is 12.1. The largest absolute Gasteiger partial charge is 0.464 e. The minimum atomic E-state index is -0.392. The van der Waals surface area contributed by atoms with Gasteiger partial charge in [0.1, 0.15) is 12.8 Å². The lowest BCUT2D eigenvalue weighted by atomic mass is 9.69. The standard InChI is InChI=1S/C18H21N3O3/c1-18(2)9-14(20-24-4)12-7-5-6-8-13(12)16(18)21-11-19-10-15(21)17(22)23-3/h5-8,10-11,16H,9H2,1-4H3/t16-/m1/s1. The molecule has 0 spiro atoms. The highest BCUT2D eigenvalue weighted by molar-refractivity contribution is 6.03. The van der Waals surface area contributed by atoms with Gasteiger partial charge in [0.2, 0.25) is 0 Å². The number of esters is 1. The second kappa shape index (κ2) is 6.11. The zero-order chi connectivity index (χ0) is 17.3. The number of ether oxygens (including phenoxy) is 1. The second-order valence-electron chi connectivity index (χ2n) is 6.55. The van der Waals surface area contributed by atoms with Crippen LogP contribution < -0.4 is 0 Å². The fraction of sp³-hybridized carbons (Fsp3) is 0.389. The Kier molecular flexibility index (Phi) is 4.13. The van der Waals surface area contributed by atoms with E-state index in [2.05, 4.69) is 30.1 Å². The van der Waals surface area contributed by atoms with Crippen LogP contribution in [0, 0.1) is 5.41 Å². The molecule has 1 heterocycles. The highest BCUT2D eigenvalue weighted by Gasteiger charge is 2.41. The van der Waals surface area contributed by atoms with E-state index in [4.69, 9.17) is 9.57 Å². The number of hydrogen-bond acceptors (Lipinski definition) is 5. The minimum Gasteiger partial charge on any atom is -0.464 e. The molecule has 0 aliphatic heterocycles. The summed E-state index contributed by atoms with van der Waals surface area (Å²) >= 11 is 0. The molecule has 1 aliphatic carbocycles. The molecule has 0 unspecified atom stereocenters. The van der Waals surface area contributed by atoms with E-state index in [-0.39, 0.29) is 11.5 Å². The summed E-state index contributed by atoms with van der Waals surface area (Å²) in [6.45, 7) is 4.31. The summed E-state index contributed by atoms with van der Waals surface area (Å²) in [5.74, 6) is -0.392. The molecule has 6 nitrogen and oxygen atoms in total. The summed E-state index contributed by atoms with van der Waals surface area (Å²) in [7, 11) is 2.93. The quantitative estimate of drug-likeness (QED) is 0.642. The first-order valence-electron chi connectivity index (χ1n) is 7.79. The van der Waals surface area contributed by atoms with E-state index < -0.39 is 5.97 Å². The lowest BCUT2D eigenvalue weighted by Crippen LogP contribution is -2.37. The number of fused-ring (bicyclic) bond motifs is 1. The van der Waals surface area contributed by atoms with Crippen LogP contribution in [0.15, 0.2) is 41.9 Å². The molecule has 6 heteroatoms. The number of aromatic nitrogens is 2. The van der Waals surface area contributed by atoms with Crippen LogP contribution in [0.5, 0.6) is 0 Å². The van der Waals surface area contributed by atoms with Crippen LogP contribution in [-0.2, 0) is 9.57 Å². The van der Waals surface area contributed by atoms with E-state index in [0.717, 1.165) is 23.3 Å². The first-order chi connectivity index (χ1) is 11.5. The van der Waals surface area contributed by atoms with Gasteiger partial charge in [-0.2, -0.15) is 0 Å². The third-order valence-electron chi connectivity index (χ3n) is 4.47. The number of rotatable bonds is 3. The van der Waals surface area contributed by atoms with E-state index in [0.29, 0.717) is 5.69 Å². The Morgan fingerprint density at radius 1 is 1.33 bits per heavy atom. The zero-order valence-electron chi connectivity index (χ0n) is 14.3. The van der Waals surface area contributed by atoms with Gasteiger partial charge in [-0.15, -0.1) is 0 Å². The topological polar surface area (TPSA) is 65.7 Å². The number of methoxy groups -OCH3 is 1. The predicted octanol–water partition coefficient (Wildman–Crippen LogP) is 3.04. The average molecular weight is 327 g/mol. The Morgan fingerprint density at radius 2 is 2.08 bits per heavy atom. The van der Waals surface area contributed by atoms with Crippen molar-refractivity contribution in [2.45, 2.75) is 26.3 Å². The van der Waals surface area contributed by atoms with Crippen molar-refractivity contribution in [3.63, 3.8) is 0 Å². The van der Waals surface area contributed by atoms with Gasteiger partial charge in [-0.3, -0.25) is 0 Å². The van der Waals surface area contributed by atoms with Gasteiger partial charge in [-0.05, 0) is 11.0 Å². The van der Waals surface area contributed by atoms with Crippen LogP contribution in [0.25, 0.3) is 0 Å². The third-order valence-corrected chi connectivity index (χ3v) is 4.47. The van der Waals surface area contributed by atoms with Crippen LogP contribution >= 0.6 is 0 Å². The Morgan fingerprint density at radius 3 is 2.79 bits per heavy atom. The number of benzene rings is 1. The van der Waals surface area contributed by atoms with Crippen molar-refractivity contribution >= 4 is 11.7 Å². The average Bonchev–Trinajstić information content (AvgIpc) is 3.02. The molecule has 1 aliphatic rings. The highest BCUT2D eigenvalue weighted by Crippen LogP contribution is 2.46. The van der Waals surface area contributed by atoms with E-state index in [1.165, 1.54) is 7.11 Å². The van der Waals surface area contributed by atoms with Crippen LogP contribution in [0.2, 0.25) is 0 Å². The maximum Gasteiger partial charge on any atom is 0.356 e. The molecule has 1 aromatic carbocycles. The van der Waals surface area contributed by atoms with E-state index in [1.807, 2.05) is 22.8 Å². The number of oxime groups is 1. The van der Waals surface area contributed by atoms with Gasteiger partial charge in [0.05, 0.1) is 31.4 Å². The Bertz CT molecular complexity index is 792. The predicted molar refractivity (Wildman–Crippen MR) is 90.1 cm³/mol. The van der Waals surface area contributed by atoms with Gasteiger partial charge in [0.15, 0.2) is 0 Å². The Labute approximate surface area is 141 Å². The van der Waals surface area contributed by atoms with Gasteiger partial charge in [0.25, 0.3) is 0 Å². The van der Waals surface area contributed by atoms with E-state index in [1.54, 1.807) is 19.6 Å². The molecule has 1 atom stereocenters. The lowest BCUT2D eigenvalue weighted by molar-refractivity contribution is 0.0582. The van der Waals surface area contributed by atoms with Crippen molar-refractivity contribution in [2.24, 2.45) is 10.6 Å². The normalized spacial score (nSPS) is 20.5. The van der Waals surface area contributed by atoms with Crippen molar-refractivity contribution < 1.29 is 14.4 Å². The van der Waals surface area contributed by atoms with Crippen molar-refractivity contribution in [2.75, 3.05) is 14.2 Å². The smallest absolute Gasteiger partial charge is 0.356 e. The number of carbonyl (C=O) groups excluding carboxylic acids is 1. The van der Waals surface area contributed by atoms with Gasteiger partial charge in [0, 0.05) is 12.0 Å². The number of nitrogens with zero attached hydrogens (tertiary/aromatic N) is 3. The molecule has 126 valence electrons. The summed E-state index contributed by atoms with van der Waals surface area (Å²) in [4.78, 5) is 21.3. The minimum absolute atomic E-state index is 0.0545. The molecule has 24 heavy (non-hydrogen) atoms. The van der Waals surface area contributed by atoms with Gasteiger partial charge >= 0.3 is 5.97 Å². The molecule has 0 N–H and O–H groups in total. The fourth-order valence-corrected chi connectivity index (χ4v) is 3.53. The van der Waals surface area contributed by atoms with Crippen LogP contribution in [0.3, 0.4) is 0 Å². The fourth-order valence-electron chi connectivity index (χ4n) is 3.53. The van der Waals surface area contributed by atoms with E-state index >= 15 is 0 Å². The van der Waals surface area contributed by atoms with E-state index in [9.17, 15) is 4.79 Å². The monoisotopic (exact) mass is 327 g/mol. The SMILES string of the molecule is CON=C1CC(C)(C)[C@H](n2cncc2C(=O)OC)c2ccccc21. The molecule has 0 saturated heterocycles. The first kappa shape index (κ1) is 16.2. The summed E-state index contributed by atoms with van der Waals surface area (Å²) in [5.41, 5.74) is 3.29. The highest BCUT2D eigenvalue weighted by atomic mass is 16.6. The number of hydrogen-bond donors (Lipinski definition) is 0. The van der Waals surface area contributed by atoms with Gasteiger partial charge in [-0.1, -0.05) is 43.3 Å². The molecule has 3 rings (SSSR count). The summed E-state index contributed by atoms with van der Waals surface area (Å²) in [6.07, 6.45) is 3.96. The van der Waals surface area contributed by atoms with Crippen LogP contribution in [0.4, 0.5) is 0 Å². The van der Waals surface area contributed by atoms with Crippen LogP contribution in [0.1, 0.15) is 47.9 Å². The molecule has 0 fully saturated rings. The van der Waals surface area contributed by atoms with Crippen molar-refractivity contribution in [1.29, 1.82) is 0 Å². The number of carbonyl (C=O) groups is 1. The van der Waals surface area contributed by atoms with Crippen molar-refractivity contribution in [3.05, 3.63) is 53.6 Å². The molecule has 0 radical (unpaired) electrons. The molecular formula is C18H21N3O3. The van der Waals surface area contributed by atoms with Gasteiger partial charge < -0.3 is 14.1 Å². The molecule has 0 bridgehead atoms. The lowest BCUT2D eigenvalue weighted by Gasteiger charge is -2.41. The molecule has 0 amide bonds. The zero-order valence-corrected chi connectivity index (χ0v) is 14.3. The van der Waals surface area contributed by atoms with Gasteiger partial charge in [-0.25, -0.2) is 9.78 Å². The Balaban J connectivity index is 2.20. The molecular weight excluding hydrogens is 306 g/mol. The van der Waals surface area contributed by atoms with Crippen molar-refractivity contribution in [1.82, 2.24) is 9.55 Å². The molecule has 1 aromatic heterocycles. The maximum absolute atomic E-state index is 12.1. The third kappa shape index (κ3) is 2.58. The van der Waals surface area contributed by atoms with Crippen molar-refractivity contribution in [3.8, 4) is 0 Å². The van der Waals surface area contributed by atoms with Crippen LogP contribution in [-0.4, -0.2) is 35.5 Å². The molecule has 0 saturated carbocycles. The summed E-state index contributed by atoms with van der Waals surface area (Å²) < 4.78 is 6.80. The molecule has 2 aromatic rings. The second-order valence-corrected chi connectivity index (χ2v) is 6.55. The summed E-state index contributed by atoms with van der Waals surface area (Å²) in [5, 5.41) is 4.21.